The number of aromatic hydroxyl groups is 1. The first kappa shape index (κ1) is 18.8. The molecule has 0 saturated carbocycles. The minimum Gasteiger partial charge on any atom is -0.508 e. The first-order chi connectivity index (χ1) is 14.1. The highest BCUT2D eigenvalue weighted by molar-refractivity contribution is 5.98. The van der Waals surface area contributed by atoms with Crippen LogP contribution >= 0.6 is 0 Å². The number of aryl methyl sites for hydroxylation is 1. The Kier molecular flexibility index (Phi) is 4.85. The van der Waals surface area contributed by atoms with Crippen molar-refractivity contribution in [2.24, 2.45) is 0 Å². The fraction of sp³-hybridized carbons (Fsp3) is 0.111. The summed E-state index contributed by atoms with van der Waals surface area (Å²) >= 11 is 0. The normalized spacial score (nSPS) is 11.8. The van der Waals surface area contributed by atoms with Crippen molar-refractivity contribution in [3.63, 3.8) is 0 Å². The molecule has 0 aliphatic carbocycles. The Morgan fingerprint density at radius 3 is 2.41 bits per heavy atom. The second kappa shape index (κ2) is 7.48. The standard InChI is InChI=1S/C25H18O2.C2H6/c1-15-7-10-21-23(13-15)27-25-20-12-9-18(26)14-17(20)8-11-22(25)24(21)19-6-4-3-5-16(19)2;1-2/h3-14,26H,1H2,2H3;1-2H3. The molecular weight excluding hydrogens is 356 g/mol. The number of benzene rings is 4. The molecule has 1 heterocycles. The highest BCUT2D eigenvalue weighted by atomic mass is 16.5. The van der Waals surface area contributed by atoms with E-state index in [1.807, 2.05) is 38.1 Å². The van der Waals surface area contributed by atoms with Crippen LogP contribution in [-0.2, 0) is 0 Å². The van der Waals surface area contributed by atoms with Crippen LogP contribution in [0.3, 0.4) is 0 Å². The molecule has 1 aliphatic heterocycles. The number of phenols is 1. The minimum atomic E-state index is 0.252. The molecule has 0 bridgehead atoms. The van der Waals surface area contributed by atoms with E-state index in [4.69, 9.17) is 4.74 Å². The smallest absolute Gasteiger partial charge is 0.143 e. The number of hydrogen-bond donors (Lipinski definition) is 1. The molecule has 4 aromatic rings. The molecule has 0 atom stereocenters. The van der Waals surface area contributed by atoms with Gasteiger partial charge in [0.25, 0.3) is 0 Å². The van der Waals surface area contributed by atoms with Crippen LogP contribution in [0, 0.1) is 6.92 Å². The van der Waals surface area contributed by atoms with Crippen molar-refractivity contribution in [3.8, 4) is 17.2 Å². The zero-order valence-electron chi connectivity index (χ0n) is 17.0. The third kappa shape index (κ3) is 3.17. The lowest BCUT2D eigenvalue weighted by Gasteiger charge is -2.23. The summed E-state index contributed by atoms with van der Waals surface area (Å²) in [5, 5.41) is 13.8. The Bertz CT molecular complexity index is 1330. The van der Waals surface area contributed by atoms with Crippen molar-refractivity contribution in [2.45, 2.75) is 20.8 Å². The molecule has 4 aromatic carbocycles. The number of rotatable bonds is 1. The van der Waals surface area contributed by atoms with Crippen LogP contribution in [0.5, 0.6) is 17.2 Å². The summed E-state index contributed by atoms with van der Waals surface area (Å²) in [6.45, 7) is 10.2. The van der Waals surface area contributed by atoms with Crippen LogP contribution in [0.15, 0.2) is 72.8 Å². The van der Waals surface area contributed by atoms with Crippen LogP contribution < -0.4 is 15.2 Å². The van der Waals surface area contributed by atoms with E-state index in [1.165, 1.54) is 16.7 Å². The minimum absolute atomic E-state index is 0.252. The van der Waals surface area contributed by atoms with Crippen LogP contribution in [0.2, 0.25) is 0 Å². The van der Waals surface area contributed by atoms with Gasteiger partial charge < -0.3 is 9.84 Å². The number of fused-ring (bicyclic) bond motifs is 4. The van der Waals surface area contributed by atoms with Gasteiger partial charge in [-0.05, 0) is 59.0 Å². The van der Waals surface area contributed by atoms with Gasteiger partial charge in [-0.25, -0.2) is 0 Å². The Morgan fingerprint density at radius 2 is 1.62 bits per heavy atom. The SMILES string of the molecule is C=c1ccc2c(c1)Oc1c(ccc3cc(O)ccc13)C=2c1ccccc1C.CC. The van der Waals surface area contributed by atoms with Gasteiger partial charge in [0.05, 0.1) is 0 Å². The predicted molar refractivity (Wildman–Crippen MR) is 121 cm³/mol. The van der Waals surface area contributed by atoms with Crippen molar-refractivity contribution in [1.82, 2.24) is 0 Å². The molecule has 1 aliphatic rings. The molecule has 144 valence electrons. The average Bonchev–Trinajstić information content (AvgIpc) is 2.73. The second-order valence-electron chi connectivity index (χ2n) is 6.97. The van der Waals surface area contributed by atoms with Gasteiger partial charge in [-0.2, -0.15) is 0 Å². The third-order valence-electron chi connectivity index (χ3n) is 5.17. The fourth-order valence-electron chi connectivity index (χ4n) is 3.85. The molecule has 5 rings (SSSR count). The van der Waals surface area contributed by atoms with Gasteiger partial charge in [0, 0.05) is 21.7 Å². The van der Waals surface area contributed by atoms with Gasteiger partial charge in [-0.1, -0.05) is 62.9 Å². The molecule has 0 fully saturated rings. The lowest BCUT2D eigenvalue weighted by Crippen LogP contribution is -2.20. The monoisotopic (exact) mass is 380 g/mol. The van der Waals surface area contributed by atoms with Crippen molar-refractivity contribution in [1.29, 1.82) is 0 Å². The second-order valence-corrected chi connectivity index (χ2v) is 6.97. The maximum absolute atomic E-state index is 9.84. The van der Waals surface area contributed by atoms with Gasteiger partial charge >= 0.3 is 0 Å². The van der Waals surface area contributed by atoms with Gasteiger partial charge in [0.15, 0.2) is 0 Å². The summed E-state index contributed by atoms with van der Waals surface area (Å²) in [7, 11) is 0. The maximum atomic E-state index is 9.84. The first-order valence-electron chi connectivity index (χ1n) is 9.95. The summed E-state index contributed by atoms with van der Waals surface area (Å²) in [6.07, 6.45) is 0. The Hall–Kier alpha value is -3.52. The van der Waals surface area contributed by atoms with E-state index >= 15 is 0 Å². The topological polar surface area (TPSA) is 29.5 Å². The number of hydrogen-bond acceptors (Lipinski definition) is 2. The van der Waals surface area contributed by atoms with Crippen LogP contribution in [-0.4, -0.2) is 5.11 Å². The molecule has 2 heteroatoms. The average molecular weight is 380 g/mol. The lowest BCUT2D eigenvalue weighted by molar-refractivity contribution is 0.474. The Balaban J connectivity index is 0.000000994. The summed E-state index contributed by atoms with van der Waals surface area (Å²) in [4.78, 5) is 0. The summed E-state index contributed by atoms with van der Waals surface area (Å²) in [6, 6.07) is 24.0. The molecule has 2 nitrogen and oxygen atoms in total. The highest BCUT2D eigenvalue weighted by Crippen LogP contribution is 2.41. The molecule has 0 saturated heterocycles. The van der Waals surface area contributed by atoms with Crippen LogP contribution in [0.1, 0.15) is 30.5 Å². The van der Waals surface area contributed by atoms with Crippen molar-refractivity contribution in [2.75, 3.05) is 0 Å². The van der Waals surface area contributed by atoms with Gasteiger partial charge in [-0.3, -0.25) is 0 Å². The maximum Gasteiger partial charge on any atom is 0.143 e. The van der Waals surface area contributed by atoms with Gasteiger partial charge in [0.1, 0.15) is 17.2 Å². The van der Waals surface area contributed by atoms with Crippen LogP contribution in [0.25, 0.3) is 22.9 Å². The zero-order valence-corrected chi connectivity index (χ0v) is 17.0. The van der Waals surface area contributed by atoms with Crippen LogP contribution in [0.4, 0.5) is 0 Å². The molecule has 1 N–H and O–H groups in total. The predicted octanol–water partition coefficient (Wildman–Crippen LogP) is 5.64. The van der Waals surface area contributed by atoms with E-state index < -0.39 is 0 Å². The van der Waals surface area contributed by atoms with Gasteiger partial charge in [-0.15, -0.1) is 0 Å². The highest BCUT2D eigenvalue weighted by Gasteiger charge is 2.22. The zero-order chi connectivity index (χ0) is 20.5. The van der Waals surface area contributed by atoms with E-state index in [2.05, 4.69) is 49.9 Å². The molecule has 0 unspecified atom stereocenters. The quantitative estimate of drug-likeness (QED) is 0.408. The first-order valence-corrected chi connectivity index (χ1v) is 9.95. The summed E-state index contributed by atoms with van der Waals surface area (Å²) < 4.78 is 6.36. The van der Waals surface area contributed by atoms with Crippen molar-refractivity contribution < 1.29 is 9.84 Å². The van der Waals surface area contributed by atoms with E-state index in [1.54, 1.807) is 12.1 Å². The summed E-state index contributed by atoms with van der Waals surface area (Å²) in [5.41, 5.74) is 4.64. The molecule has 0 aromatic heterocycles. The van der Waals surface area contributed by atoms with Crippen molar-refractivity contribution in [3.05, 3.63) is 99.9 Å². The van der Waals surface area contributed by atoms with E-state index in [0.717, 1.165) is 38.3 Å². The Morgan fingerprint density at radius 1 is 0.828 bits per heavy atom. The molecular formula is C27H24O2. The molecule has 0 spiro atoms. The van der Waals surface area contributed by atoms with E-state index in [9.17, 15) is 5.11 Å². The molecule has 0 amide bonds. The fourth-order valence-corrected chi connectivity index (χ4v) is 3.85. The largest absolute Gasteiger partial charge is 0.508 e. The summed E-state index contributed by atoms with van der Waals surface area (Å²) in [5.74, 6) is 1.89. The lowest BCUT2D eigenvalue weighted by atomic mass is 9.88. The number of ether oxygens (including phenoxy) is 1. The number of phenolic OH excluding ortho intramolecular Hbond substituents is 1. The van der Waals surface area contributed by atoms with Crippen molar-refractivity contribution >= 4 is 22.9 Å². The molecule has 29 heavy (non-hydrogen) atoms. The van der Waals surface area contributed by atoms with E-state index in [-0.39, 0.29) is 5.75 Å². The van der Waals surface area contributed by atoms with E-state index in [0.29, 0.717) is 0 Å². The Labute approximate surface area is 171 Å². The van der Waals surface area contributed by atoms with Gasteiger partial charge in [0.2, 0.25) is 0 Å². The molecule has 0 radical (unpaired) electrons. The third-order valence-corrected chi connectivity index (χ3v) is 5.17.